The Hall–Kier alpha value is 0.450. The second-order valence-electron chi connectivity index (χ2n) is 6.72. The molecule has 0 saturated carbocycles. The maximum Gasteiger partial charge on any atom is 0.221 e. The van der Waals surface area contributed by atoms with Crippen LogP contribution in [0.3, 0.4) is 0 Å². The summed E-state index contributed by atoms with van der Waals surface area (Å²) in [5, 5.41) is 0. The minimum atomic E-state index is -2.20. The summed E-state index contributed by atoms with van der Waals surface area (Å²) >= 11 is 0. The standard InChI is InChI=1S/C10H22N9P3/c11-20(15-1-2-15)12-21(16-3-4-16,17-5-6-17)14-22(13-20,18-7-8-18)19-9-10-19/h1-11H2. The molecule has 0 aliphatic carbocycles. The molecule has 9 nitrogen and oxygen atoms in total. The highest BCUT2D eigenvalue weighted by molar-refractivity contribution is 7.83. The fraction of sp³-hybridized carbons (Fsp3) is 1.00. The van der Waals surface area contributed by atoms with Crippen LogP contribution in [0.2, 0.25) is 0 Å². The van der Waals surface area contributed by atoms with E-state index in [-0.39, 0.29) is 0 Å². The van der Waals surface area contributed by atoms with Gasteiger partial charge in [-0.1, -0.05) is 0 Å². The second kappa shape index (κ2) is 4.16. The van der Waals surface area contributed by atoms with Crippen LogP contribution in [0.1, 0.15) is 0 Å². The maximum absolute atomic E-state index is 6.87. The van der Waals surface area contributed by atoms with Crippen LogP contribution in [0.15, 0.2) is 13.5 Å². The van der Waals surface area contributed by atoms with Gasteiger partial charge in [0.25, 0.3) is 0 Å². The zero-order chi connectivity index (χ0) is 14.6. The molecular formula is C10H22N9P3. The molecule has 0 aromatic carbocycles. The molecule has 1 unspecified atom stereocenters. The van der Waals surface area contributed by atoms with Crippen molar-refractivity contribution in [3.8, 4) is 0 Å². The first-order valence-electron chi connectivity index (χ1n) is 8.12. The van der Waals surface area contributed by atoms with Gasteiger partial charge in [0.15, 0.2) is 0 Å². The van der Waals surface area contributed by atoms with E-state index in [2.05, 4.69) is 23.4 Å². The molecule has 12 heteroatoms. The number of hydrogen-bond donors (Lipinski definition) is 1. The van der Waals surface area contributed by atoms with Gasteiger partial charge in [-0.25, -0.2) is 23.4 Å². The highest BCUT2D eigenvalue weighted by Crippen LogP contribution is 2.84. The van der Waals surface area contributed by atoms with Crippen molar-refractivity contribution in [1.29, 1.82) is 0 Å². The average molecular weight is 361 g/mol. The SMILES string of the molecule is NP1(N2CC2)=NP(N2CC2)(N2CC2)=NP(N2CC2)(N2CC2)=N1. The first-order chi connectivity index (χ1) is 10.6. The summed E-state index contributed by atoms with van der Waals surface area (Å²) in [5.41, 5.74) is 6.87. The van der Waals surface area contributed by atoms with Gasteiger partial charge in [-0.3, -0.25) is 5.50 Å². The van der Waals surface area contributed by atoms with E-state index in [0.29, 0.717) is 0 Å². The predicted octanol–water partition coefficient (Wildman–Crippen LogP) is 1.38. The third-order valence-corrected chi connectivity index (χ3v) is 16.6. The minimum absolute atomic E-state index is 1.07. The molecule has 1 atom stereocenters. The van der Waals surface area contributed by atoms with Crippen molar-refractivity contribution in [1.82, 2.24) is 23.4 Å². The lowest BCUT2D eigenvalue weighted by atomic mass is 11.0. The van der Waals surface area contributed by atoms with Gasteiger partial charge in [-0.2, -0.15) is 13.5 Å². The molecule has 122 valence electrons. The third-order valence-electron chi connectivity index (χ3n) is 4.80. The van der Waals surface area contributed by atoms with Gasteiger partial charge in [-0.15, -0.1) is 0 Å². The molecule has 5 fully saturated rings. The lowest BCUT2D eigenvalue weighted by Gasteiger charge is -2.36. The fourth-order valence-corrected chi connectivity index (χ4v) is 17.0. The van der Waals surface area contributed by atoms with Gasteiger partial charge in [-0.05, 0) is 0 Å². The van der Waals surface area contributed by atoms with Gasteiger partial charge < -0.3 is 0 Å². The molecule has 0 spiro atoms. The van der Waals surface area contributed by atoms with Crippen LogP contribution in [-0.2, 0) is 0 Å². The summed E-state index contributed by atoms with van der Waals surface area (Å²) in [4.78, 5) is 0. The Morgan fingerprint density at radius 1 is 0.500 bits per heavy atom. The lowest BCUT2D eigenvalue weighted by Crippen LogP contribution is -2.14. The summed E-state index contributed by atoms with van der Waals surface area (Å²) in [6.45, 7) is 11.2. The second-order valence-corrected chi connectivity index (χ2v) is 15.1. The highest BCUT2D eigenvalue weighted by Gasteiger charge is 2.57. The van der Waals surface area contributed by atoms with Crippen molar-refractivity contribution in [2.75, 3.05) is 65.4 Å². The van der Waals surface area contributed by atoms with E-state index >= 15 is 0 Å². The zero-order valence-corrected chi connectivity index (χ0v) is 15.3. The molecular weight excluding hydrogens is 339 g/mol. The Morgan fingerprint density at radius 2 is 0.864 bits per heavy atom. The van der Waals surface area contributed by atoms with Gasteiger partial charge in [0.05, 0.1) is 0 Å². The van der Waals surface area contributed by atoms with Crippen molar-refractivity contribution in [3.05, 3.63) is 0 Å². The van der Waals surface area contributed by atoms with Gasteiger partial charge >= 0.3 is 0 Å². The van der Waals surface area contributed by atoms with E-state index in [0.717, 1.165) is 65.4 Å². The van der Waals surface area contributed by atoms with Gasteiger partial charge in [0, 0.05) is 65.4 Å². The van der Waals surface area contributed by atoms with Crippen LogP contribution in [0, 0.1) is 0 Å². The molecule has 0 amide bonds. The summed E-state index contributed by atoms with van der Waals surface area (Å²) in [5.74, 6) is 0. The summed E-state index contributed by atoms with van der Waals surface area (Å²) < 4.78 is 28.4. The van der Waals surface area contributed by atoms with E-state index in [1.54, 1.807) is 0 Å². The van der Waals surface area contributed by atoms with Crippen LogP contribution in [0.25, 0.3) is 0 Å². The Kier molecular flexibility index (Phi) is 2.59. The fourth-order valence-electron chi connectivity index (χ4n) is 3.08. The van der Waals surface area contributed by atoms with Crippen molar-refractivity contribution in [2.24, 2.45) is 19.1 Å². The van der Waals surface area contributed by atoms with Crippen LogP contribution >= 0.6 is 22.5 Å². The van der Waals surface area contributed by atoms with E-state index in [9.17, 15) is 0 Å². The molecule has 6 aliphatic heterocycles. The molecule has 6 aliphatic rings. The first kappa shape index (κ1) is 13.7. The predicted molar refractivity (Wildman–Crippen MR) is 90.1 cm³/mol. The number of rotatable bonds is 5. The Morgan fingerprint density at radius 3 is 1.23 bits per heavy atom. The molecule has 0 aromatic rings. The molecule has 6 heterocycles. The monoisotopic (exact) mass is 361 g/mol. The number of nitrogens with zero attached hydrogens (tertiary/aromatic N) is 8. The summed E-state index contributed by atoms with van der Waals surface area (Å²) in [6.07, 6.45) is 0. The van der Waals surface area contributed by atoms with Gasteiger partial charge in [0.2, 0.25) is 22.5 Å². The zero-order valence-electron chi connectivity index (χ0n) is 12.6. The quantitative estimate of drug-likeness (QED) is 0.589. The largest absolute Gasteiger partial charge is 0.267 e. The van der Waals surface area contributed by atoms with Crippen molar-refractivity contribution < 1.29 is 0 Å². The van der Waals surface area contributed by atoms with Gasteiger partial charge in [0.1, 0.15) is 0 Å². The maximum atomic E-state index is 6.87. The topological polar surface area (TPSA) is 78.1 Å². The van der Waals surface area contributed by atoms with E-state index in [1.807, 2.05) is 0 Å². The molecule has 0 aromatic heterocycles. The molecule has 2 N–H and O–H groups in total. The Labute approximate surface area is 131 Å². The highest BCUT2D eigenvalue weighted by atomic mass is 31.3. The van der Waals surface area contributed by atoms with Crippen molar-refractivity contribution in [2.45, 2.75) is 0 Å². The summed E-state index contributed by atoms with van der Waals surface area (Å²) in [6, 6.07) is 0. The van der Waals surface area contributed by atoms with E-state index < -0.39 is 22.5 Å². The summed E-state index contributed by atoms with van der Waals surface area (Å²) in [7, 11) is -6.05. The molecule has 22 heavy (non-hydrogen) atoms. The Bertz CT molecular complexity index is 652. The molecule has 0 radical (unpaired) electrons. The van der Waals surface area contributed by atoms with E-state index in [1.165, 1.54) is 0 Å². The normalized spacial score (nSPS) is 43.0. The smallest absolute Gasteiger partial charge is 0.221 e. The molecule has 0 bridgehead atoms. The van der Waals surface area contributed by atoms with Crippen LogP contribution in [0.4, 0.5) is 0 Å². The molecule has 6 rings (SSSR count). The number of nitrogens with two attached hydrogens (primary N) is 1. The first-order valence-corrected chi connectivity index (χ1v) is 13.0. The lowest BCUT2D eigenvalue weighted by molar-refractivity contribution is 0.749. The van der Waals surface area contributed by atoms with Crippen molar-refractivity contribution >= 4 is 22.5 Å². The van der Waals surface area contributed by atoms with E-state index in [4.69, 9.17) is 19.1 Å². The van der Waals surface area contributed by atoms with Crippen LogP contribution in [-0.4, -0.2) is 88.8 Å². The third kappa shape index (κ3) is 1.92. The van der Waals surface area contributed by atoms with Crippen LogP contribution < -0.4 is 5.50 Å². The van der Waals surface area contributed by atoms with Crippen LogP contribution in [0.5, 0.6) is 0 Å². The van der Waals surface area contributed by atoms with Crippen molar-refractivity contribution in [3.63, 3.8) is 0 Å². The molecule has 5 saturated heterocycles. The minimum Gasteiger partial charge on any atom is -0.267 e. The Balaban J connectivity index is 1.64. The average Bonchev–Trinajstić information content (AvgIpc) is 3.37. The number of hydrogen-bond acceptors (Lipinski definition) is 9.